The second-order valence-electron chi connectivity index (χ2n) is 7.72. The zero-order valence-electron chi connectivity index (χ0n) is 16.8. The Morgan fingerprint density at radius 1 is 1.00 bits per heavy atom. The standard InChI is InChI=1S/C24H23NO4S/c1-18(26)23-21(14-17-24(27)15-8-3-9-16-24)20-12-6-7-13-22(20)25(23)30(28,29)19-10-4-2-5-11-19/h2,4-7,10-13,27H,3,8-9,15-16H2,1H3. The Labute approximate surface area is 176 Å². The van der Waals surface area contributed by atoms with Gasteiger partial charge in [-0.05, 0) is 43.9 Å². The Kier molecular flexibility index (Phi) is 5.27. The van der Waals surface area contributed by atoms with Crippen LogP contribution in [0.15, 0.2) is 59.5 Å². The number of hydrogen-bond acceptors (Lipinski definition) is 4. The lowest BCUT2D eigenvalue weighted by atomic mass is 9.85. The maximum absolute atomic E-state index is 13.5. The van der Waals surface area contributed by atoms with Crippen molar-refractivity contribution in [3.8, 4) is 11.8 Å². The molecular weight excluding hydrogens is 398 g/mol. The molecule has 154 valence electrons. The van der Waals surface area contributed by atoms with Crippen molar-refractivity contribution in [2.75, 3.05) is 0 Å². The average Bonchev–Trinajstić information content (AvgIpc) is 3.09. The molecular formula is C24H23NO4S. The number of ketones is 1. The first kappa shape index (κ1) is 20.4. The van der Waals surface area contributed by atoms with Crippen LogP contribution in [0.25, 0.3) is 10.9 Å². The van der Waals surface area contributed by atoms with Crippen LogP contribution in [0.4, 0.5) is 0 Å². The average molecular weight is 422 g/mol. The van der Waals surface area contributed by atoms with Crippen molar-refractivity contribution in [1.29, 1.82) is 0 Å². The van der Waals surface area contributed by atoms with Gasteiger partial charge in [-0.3, -0.25) is 4.79 Å². The predicted molar refractivity (Wildman–Crippen MR) is 116 cm³/mol. The van der Waals surface area contributed by atoms with E-state index in [1.54, 1.807) is 42.5 Å². The molecule has 1 aliphatic carbocycles. The number of nitrogens with zero attached hydrogens (tertiary/aromatic N) is 1. The number of fused-ring (bicyclic) bond motifs is 1. The van der Waals surface area contributed by atoms with E-state index in [0.717, 1.165) is 23.2 Å². The van der Waals surface area contributed by atoms with Crippen molar-refractivity contribution in [2.24, 2.45) is 0 Å². The lowest BCUT2D eigenvalue weighted by Crippen LogP contribution is -2.29. The number of rotatable bonds is 3. The van der Waals surface area contributed by atoms with Gasteiger partial charge in [0.25, 0.3) is 10.0 Å². The largest absolute Gasteiger partial charge is 0.378 e. The molecule has 6 heteroatoms. The summed E-state index contributed by atoms with van der Waals surface area (Å²) in [5.41, 5.74) is -0.344. The maximum atomic E-state index is 13.5. The third kappa shape index (κ3) is 3.55. The minimum atomic E-state index is -4.01. The van der Waals surface area contributed by atoms with Crippen molar-refractivity contribution < 1.29 is 18.3 Å². The normalized spacial score (nSPS) is 16.1. The van der Waals surface area contributed by atoms with Gasteiger partial charge in [-0.2, -0.15) is 0 Å². The first-order valence-corrected chi connectivity index (χ1v) is 11.5. The van der Waals surface area contributed by atoms with Crippen LogP contribution in [0.2, 0.25) is 0 Å². The second kappa shape index (κ2) is 7.75. The zero-order chi connectivity index (χ0) is 21.4. The summed E-state index contributed by atoms with van der Waals surface area (Å²) in [6.45, 7) is 1.34. The second-order valence-corrected chi connectivity index (χ2v) is 9.51. The highest BCUT2D eigenvalue weighted by atomic mass is 32.2. The van der Waals surface area contributed by atoms with E-state index >= 15 is 0 Å². The fraction of sp³-hybridized carbons (Fsp3) is 0.292. The van der Waals surface area contributed by atoms with Gasteiger partial charge in [0.1, 0.15) is 11.3 Å². The summed E-state index contributed by atoms with van der Waals surface area (Å²) in [5, 5.41) is 11.4. The Hall–Kier alpha value is -2.88. The highest BCUT2D eigenvalue weighted by Gasteiger charge is 2.30. The summed E-state index contributed by atoms with van der Waals surface area (Å²) < 4.78 is 28.0. The third-order valence-electron chi connectivity index (χ3n) is 5.55. The van der Waals surface area contributed by atoms with E-state index in [4.69, 9.17) is 0 Å². The van der Waals surface area contributed by atoms with Crippen molar-refractivity contribution in [3.63, 3.8) is 0 Å². The van der Waals surface area contributed by atoms with E-state index in [9.17, 15) is 18.3 Å². The molecule has 1 aromatic heterocycles. The molecule has 1 fully saturated rings. The molecule has 0 bridgehead atoms. The highest BCUT2D eigenvalue weighted by Crippen LogP contribution is 2.32. The van der Waals surface area contributed by atoms with Gasteiger partial charge in [0.15, 0.2) is 5.78 Å². The van der Waals surface area contributed by atoms with E-state index in [0.29, 0.717) is 29.3 Å². The van der Waals surface area contributed by atoms with Gasteiger partial charge in [-0.25, -0.2) is 12.4 Å². The number of Topliss-reactive ketones (excluding diaryl/α,β-unsaturated/α-hetero) is 1. The lowest BCUT2D eigenvalue weighted by molar-refractivity contribution is 0.0610. The summed E-state index contributed by atoms with van der Waals surface area (Å²) in [6, 6.07) is 15.0. The lowest BCUT2D eigenvalue weighted by Gasteiger charge is -2.26. The number of carbonyl (C=O) groups is 1. The molecule has 0 spiro atoms. The van der Waals surface area contributed by atoms with Crippen LogP contribution in [0.3, 0.4) is 0 Å². The smallest absolute Gasteiger partial charge is 0.268 e. The van der Waals surface area contributed by atoms with E-state index in [1.165, 1.54) is 19.1 Å². The van der Waals surface area contributed by atoms with E-state index < -0.39 is 21.4 Å². The fourth-order valence-corrected chi connectivity index (χ4v) is 5.64. The first-order chi connectivity index (χ1) is 14.3. The van der Waals surface area contributed by atoms with Gasteiger partial charge in [0, 0.05) is 12.3 Å². The molecule has 30 heavy (non-hydrogen) atoms. The van der Waals surface area contributed by atoms with Crippen LogP contribution in [-0.4, -0.2) is 28.9 Å². The molecule has 0 atom stereocenters. The van der Waals surface area contributed by atoms with Gasteiger partial charge < -0.3 is 5.11 Å². The monoisotopic (exact) mass is 421 g/mol. The summed E-state index contributed by atoms with van der Waals surface area (Å²) in [4.78, 5) is 12.7. The number of aromatic nitrogens is 1. The highest BCUT2D eigenvalue weighted by molar-refractivity contribution is 7.90. The van der Waals surface area contributed by atoms with Crippen molar-refractivity contribution in [3.05, 3.63) is 65.9 Å². The van der Waals surface area contributed by atoms with Crippen LogP contribution in [0.1, 0.15) is 55.1 Å². The van der Waals surface area contributed by atoms with Gasteiger partial charge >= 0.3 is 0 Å². The Morgan fingerprint density at radius 2 is 1.63 bits per heavy atom. The molecule has 0 saturated heterocycles. The Bertz CT molecular complexity index is 1270. The molecule has 5 nitrogen and oxygen atoms in total. The first-order valence-electron chi connectivity index (χ1n) is 10.0. The van der Waals surface area contributed by atoms with Crippen LogP contribution in [-0.2, 0) is 10.0 Å². The Morgan fingerprint density at radius 3 is 2.30 bits per heavy atom. The molecule has 2 aromatic carbocycles. The number of benzene rings is 2. The Balaban J connectivity index is 2.00. The van der Waals surface area contributed by atoms with Crippen molar-refractivity contribution >= 4 is 26.7 Å². The summed E-state index contributed by atoms with van der Waals surface area (Å²) in [6.07, 6.45) is 4.02. The summed E-state index contributed by atoms with van der Waals surface area (Å²) >= 11 is 0. The van der Waals surface area contributed by atoms with Gasteiger partial charge in [-0.15, -0.1) is 0 Å². The number of carbonyl (C=O) groups excluding carboxylic acids is 1. The topological polar surface area (TPSA) is 76.4 Å². The SMILES string of the molecule is CC(=O)c1c(C#CC2(O)CCCCC2)c2ccccc2n1S(=O)(=O)c1ccccc1. The van der Waals surface area contributed by atoms with Crippen molar-refractivity contribution in [1.82, 2.24) is 3.97 Å². The molecule has 1 N–H and O–H groups in total. The summed E-state index contributed by atoms with van der Waals surface area (Å²) in [7, 11) is -4.01. The molecule has 0 radical (unpaired) electrons. The molecule has 0 aliphatic heterocycles. The minimum Gasteiger partial charge on any atom is -0.378 e. The predicted octanol–water partition coefficient (Wildman–Crippen LogP) is 4.13. The van der Waals surface area contributed by atoms with Gasteiger partial charge in [-0.1, -0.05) is 54.7 Å². The maximum Gasteiger partial charge on any atom is 0.268 e. The van der Waals surface area contributed by atoms with E-state index in [-0.39, 0.29) is 10.6 Å². The van der Waals surface area contributed by atoms with E-state index in [2.05, 4.69) is 11.8 Å². The molecule has 0 amide bonds. The molecule has 1 heterocycles. The van der Waals surface area contributed by atoms with Crippen LogP contribution >= 0.6 is 0 Å². The van der Waals surface area contributed by atoms with Gasteiger partial charge in [0.05, 0.1) is 16.0 Å². The quantitative estimate of drug-likeness (QED) is 0.510. The third-order valence-corrected chi connectivity index (χ3v) is 7.28. The van der Waals surface area contributed by atoms with Gasteiger partial charge in [0.2, 0.25) is 0 Å². The molecule has 4 rings (SSSR count). The van der Waals surface area contributed by atoms with E-state index in [1.807, 2.05) is 0 Å². The molecule has 1 aliphatic rings. The van der Waals surface area contributed by atoms with Crippen LogP contribution in [0, 0.1) is 11.8 Å². The number of hydrogen-bond donors (Lipinski definition) is 1. The summed E-state index contributed by atoms with van der Waals surface area (Å²) in [5.74, 6) is 5.54. The molecule has 0 unspecified atom stereocenters. The van der Waals surface area contributed by atoms with Crippen LogP contribution < -0.4 is 0 Å². The molecule has 1 saturated carbocycles. The fourth-order valence-electron chi connectivity index (χ4n) is 4.05. The zero-order valence-corrected chi connectivity index (χ0v) is 17.6. The minimum absolute atomic E-state index is 0.0203. The molecule has 3 aromatic rings. The van der Waals surface area contributed by atoms with Crippen LogP contribution in [0.5, 0.6) is 0 Å². The number of aliphatic hydroxyl groups is 1. The van der Waals surface area contributed by atoms with Crippen molar-refractivity contribution in [2.45, 2.75) is 49.5 Å². The number of para-hydroxylation sites is 1.